The SMILES string of the molecule is CN1c2cc(O)c(N=NC(N)=O)cc2C[C@@H]1O. The summed E-state index contributed by atoms with van der Waals surface area (Å²) in [6.07, 6.45) is -0.182. The number of hydrogen-bond donors (Lipinski definition) is 3. The number of benzene rings is 1. The summed E-state index contributed by atoms with van der Waals surface area (Å²) in [4.78, 5) is 12.1. The molecule has 0 radical (unpaired) electrons. The van der Waals surface area contributed by atoms with Crippen molar-refractivity contribution < 1.29 is 15.0 Å². The average molecular weight is 236 g/mol. The Kier molecular flexibility index (Phi) is 2.68. The zero-order valence-electron chi connectivity index (χ0n) is 9.16. The summed E-state index contributed by atoms with van der Waals surface area (Å²) in [6, 6.07) is 2.12. The molecule has 1 aliphatic heterocycles. The number of amides is 2. The summed E-state index contributed by atoms with van der Waals surface area (Å²) in [5.74, 6) is -0.116. The van der Waals surface area contributed by atoms with Crippen LogP contribution in [0.3, 0.4) is 0 Å². The number of nitrogens with two attached hydrogens (primary N) is 1. The van der Waals surface area contributed by atoms with Gasteiger partial charge in [-0.15, -0.1) is 5.11 Å². The van der Waals surface area contributed by atoms with Crippen molar-refractivity contribution in [1.29, 1.82) is 0 Å². The highest BCUT2D eigenvalue weighted by atomic mass is 16.3. The van der Waals surface area contributed by atoms with Gasteiger partial charge in [-0.3, -0.25) is 0 Å². The van der Waals surface area contributed by atoms with Crippen LogP contribution in [0.4, 0.5) is 16.2 Å². The van der Waals surface area contributed by atoms with Gasteiger partial charge in [0.2, 0.25) is 0 Å². The zero-order chi connectivity index (χ0) is 12.6. The number of urea groups is 1. The minimum Gasteiger partial charge on any atom is -0.506 e. The van der Waals surface area contributed by atoms with Crippen LogP contribution in [0.15, 0.2) is 22.4 Å². The van der Waals surface area contributed by atoms with E-state index in [2.05, 4.69) is 10.2 Å². The number of aliphatic hydroxyl groups excluding tert-OH is 1. The number of fused-ring (bicyclic) bond motifs is 1. The van der Waals surface area contributed by atoms with E-state index < -0.39 is 12.3 Å². The maximum atomic E-state index is 10.5. The molecule has 0 spiro atoms. The quantitative estimate of drug-likeness (QED) is 0.628. The minimum atomic E-state index is -0.929. The van der Waals surface area contributed by atoms with Gasteiger partial charge in [0.25, 0.3) is 0 Å². The molecule has 1 aromatic rings. The number of hydrogen-bond acceptors (Lipinski definition) is 5. The van der Waals surface area contributed by atoms with Gasteiger partial charge in [0.15, 0.2) is 0 Å². The number of carbonyl (C=O) groups is 1. The number of aromatic hydroxyl groups is 1. The first-order chi connectivity index (χ1) is 7.99. The van der Waals surface area contributed by atoms with Crippen LogP contribution in [0.5, 0.6) is 5.75 Å². The number of azo groups is 1. The number of carbonyl (C=O) groups excluding carboxylic acids is 1. The number of phenols is 1. The van der Waals surface area contributed by atoms with Crippen LogP contribution in [0.1, 0.15) is 5.56 Å². The van der Waals surface area contributed by atoms with Crippen LogP contribution in [0, 0.1) is 0 Å². The standard InChI is InChI=1S/C10H12N4O3/c1-14-7-4-8(15)6(12-13-10(11)17)2-5(7)3-9(14)16/h2,4,9,15-16H,3H2,1H3,(H2,11,17)/t9-/m0/s1. The summed E-state index contributed by atoms with van der Waals surface area (Å²) >= 11 is 0. The molecule has 0 saturated carbocycles. The second-order valence-electron chi connectivity index (χ2n) is 3.80. The van der Waals surface area contributed by atoms with Crippen molar-refractivity contribution in [3.05, 3.63) is 17.7 Å². The van der Waals surface area contributed by atoms with Gasteiger partial charge in [0.1, 0.15) is 17.7 Å². The topological polar surface area (TPSA) is 112 Å². The number of phenolic OH excluding ortho intramolecular Hbond substituents is 1. The predicted octanol–water partition coefficient (Wildman–Crippen LogP) is 0.865. The molecule has 0 aromatic heterocycles. The lowest BCUT2D eigenvalue weighted by molar-refractivity contribution is 0.185. The summed E-state index contributed by atoms with van der Waals surface area (Å²) in [6.45, 7) is 0. The molecule has 1 atom stereocenters. The third kappa shape index (κ3) is 2.04. The third-order valence-corrected chi connectivity index (χ3v) is 2.66. The summed E-state index contributed by atoms with van der Waals surface area (Å²) < 4.78 is 0. The smallest absolute Gasteiger partial charge is 0.356 e. The van der Waals surface area contributed by atoms with Crippen molar-refractivity contribution in [1.82, 2.24) is 0 Å². The van der Waals surface area contributed by atoms with Gasteiger partial charge < -0.3 is 20.8 Å². The number of nitrogens with zero attached hydrogens (tertiary/aromatic N) is 3. The van der Waals surface area contributed by atoms with Crippen LogP contribution >= 0.6 is 0 Å². The van der Waals surface area contributed by atoms with Crippen LogP contribution in [-0.2, 0) is 6.42 Å². The molecule has 17 heavy (non-hydrogen) atoms. The molecule has 7 nitrogen and oxygen atoms in total. The molecule has 0 aliphatic carbocycles. The summed E-state index contributed by atoms with van der Waals surface area (Å²) in [5.41, 5.74) is 6.54. The van der Waals surface area contributed by atoms with E-state index in [0.29, 0.717) is 6.42 Å². The van der Waals surface area contributed by atoms with Gasteiger partial charge in [0.05, 0.1) is 0 Å². The Balaban J connectivity index is 2.40. The highest BCUT2D eigenvalue weighted by Gasteiger charge is 2.25. The van der Waals surface area contributed by atoms with Gasteiger partial charge in [0, 0.05) is 25.2 Å². The first-order valence-corrected chi connectivity index (χ1v) is 4.97. The number of rotatable bonds is 1. The van der Waals surface area contributed by atoms with Gasteiger partial charge >= 0.3 is 6.03 Å². The lowest BCUT2D eigenvalue weighted by atomic mass is 10.1. The maximum absolute atomic E-state index is 10.5. The van der Waals surface area contributed by atoms with Crippen LogP contribution in [-0.4, -0.2) is 29.5 Å². The van der Waals surface area contributed by atoms with E-state index in [4.69, 9.17) is 5.73 Å². The summed E-state index contributed by atoms with van der Waals surface area (Å²) in [7, 11) is 1.72. The van der Waals surface area contributed by atoms with Crippen LogP contribution < -0.4 is 10.6 Å². The van der Waals surface area contributed by atoms with Crippen molar-refractivity contribution in [3.8, 4) is 5.75 Å². The van der Waals surface area contributed by atoms with E-state index >= 15 is 0 Å². The molecule has 7 heteroatoms. The second kappa shape index (κ2) is 4.02. The normalized spacial score (nSPS) is 18.7. The second-order valence-corrected chi connectivity index (χ2v) is 3.80. The van der Waals surface area contributed by atoms with E-state index in [1.165, 1.54) is 6.07 Å². The number of anilines is 1. The van der Waals surface area contributed by atoms with E-state index in [0.717, 1.165) is 11.3 Å². The predicted molar refractivity (Wildman–Crippen MR) is 60.3 cm³/mol. The minimum absolute atomic E-state index is 0.116. The van der Waals surface area contributed by atoms with Crippen LogP contribution in [0.2, 0.25) is 0 Å². The number of likely N-dealkylation sites (N-methyl/N-ethyl adjacent to an activating group) is 1. The molecular weight excluding hydrogens is 224 g/mol. The fourth-order valence-corrected chi connectivity index (χ4v) is 1.78. The summed E-state index contributed by atoms with van der Waals surface area (Å²) in [5, 5.41) is 26.0. The third-order valence-electron chi connectivity index (χ3n) is 2.66. The van der Waals surface area contributed by atoms with Crippen molar-refractivity contribution in [2.24, 2.45) is 16.0 Å². The van der Waals surface area contributed by atoms with Gasteiger partial charge in [-0.2, -0.15) is 0 Å². The van der Waals surface area contributed by atoms with Gasteiger partial charge in [-0.1, -0.05) is 5.11 Å². The highest BCUT2D eigenvalue weighted by Crippen LogP contribution is 2.39. The lowest BCUT2D eigenvalue weighted by Crippen LogP contribution is -2.26. The molecule has 1 aliphatic rings. The van der Waals surface area contributed by atoms with Gasteiger partial charge in [-0.05, 0) is 11.6 Å². The fraction of sp³-hybridized carbons (Fsp3) is 0.300. The fourth-order valence-electron chi connectivity index (χ4n) is 1.78. The Labute approximate surface area is 97.2 Å². The monoisotopic (exact) mass is 236 g/mol. The Bertz CT molecular complexity index is 501. The Morgan fingerprint density at radius 2 is 2.29 bits per heavy atom. The molecule has 90 valence electrons. The van der Waals surface area contributed by atoms with Crippen molar-refractivity contribution >= 4 is 17.4 Å². The zero-order valence-corrected chi connectivity index (χ0v) is 9.16. The molecule has 2 amide bonds. The molecule has 1 aromatic carbocycles. The molecule has 2 rings (SSSR count). The Morgan fingerprint density at radius 3 is 2.94 bits per heavy atom. The van der Waals surface area contributed by atoms with Crippen molar-refractivity contribution in [3.63, 3.8) is 0 Å². The van der Waals surface area contributed by atoms with Crippen molar-refractivity contribution in [2.45, 2.75) is 12.6 Å². The molecule has 4 N–H and O–H groups in total. The Hall–Kier alpha value is -2.15. The lowest BCUT2D eigenvalue weighted by Gasteiger charge is -2.17. The average Bonchev–Trinajstić information content (AvgIpc) is 2.52. The van der Waals surface area contributed by atoms with Crippen LogP contribution in [0.25, 0.3) is 0 Å². The van der Waals surface area contributed by atoms with E-state index in [9.17, 15) is 15.0 Å². The number of aliphatic hydroxyl groups is 1. The first kappa shape index (κ1) is 11.3. The number of primary amides is 1. The molecular formula is C10H12N4O3. The maximum Gasteiger partial charge on any atom is 0.356 e. The molecule has 0 unspecified atom stereocenters. The van der Waals surface area contributed by atoms with E-state index in [-0.39, 0.29) is 11.4 Å². The van der Waals surface area contributed by atoms with Crippen molar-refractivity contribution in [2.75, 3.05) is 11.9 Å². The van der Waals surface area contributed by atoms with Gasteiger partial charge in [-0.25, -0.2) is 4.79 Å². The molecule has 1 heterocycles. The molecule has 0 bridgehead atoms. The largest absolute Gasteiger partial charge is 0.506 e. The molecule has 0 fully saturated rings. The Morgan fingerprint density at radius 1 is 1.59 bits per heavy atom. The van der Waals surface area contributed by atoms with E-state index in [1.807, 2.05) is 0 Å². The van der Waals surface area contributed by atoms with E-state index in [1.54, 1.807) is 18.0 Å². The molecule has 0 saturated heterocycles. The first-order valence-electron chi connectivity index (χ1n) is 4.97. The highest BCUT2D eigenvalue weighted by molar-refractivity contribution is 5.73.